The highest BCUT2D eigenvalue weighted by Gasteiger charge is 2.19. The summed E-state index contributed by atoms with van der Waals surface area (Å²) in [5, 5.41) is 3.45. The van der Waals surface area contributed by atoms with E-state index in [0.29, 0.717) is 5.92 Å². The van der Waals surface area contributed by atoms with Gasteiger partial charge in [0.1, 0.15) is 0 Å². The molecular formula is C22H37IN4O2. The minimum Gasteiger partial charge on any atom is -0.381 e. The molecule has 2 saturated heterocycles. The number of piperazine rings is 1. The van der Waals surface area contributed by atoms with E-state index in [9.17, 15) is 0 Å². The Hall–Kier alpha value is -1.06. The minimum absolute atomic E-state index is 0. The van der Waals surface area contributed by atoms with E-state index in [4.69, 9.17) is 14.5 Å². The number of para-hydroxylation sites is 1. The van der Waals surface area contributed by atoms with E-state index in [0.717, 1.165) is 90.9 Å². The van der Waals surface area contributed by atoms with Crippen molar-refractivity contribution < 1.29 is 9.47 Å². The van der Waals surface area contributed by atoms with Crippen LogP contribution in [0, 0.1) is 5.92 Å². The summed E-state index contributed by atoms with van der Waals surface area (Å²) in [5.41, 5.74) is 1.31. The van der Waals surface area contributed by atoms with Crippen molar-refractivity contribution in [2.24, 2.45) is 10.9 Å². The Bertz CT molecular complexity index is 573. The first kappa shape index (κ1) is 24.2. The quantitative estimate of drug-likeness (QED) is 0.249. The zero-order valence-electron chi connectivity index (χ0n) is 17.7. The molecule has 29 heavy (non-hydrogen) atoms. The molecule has 2 aliphatic rings. The van der Waals surface area contributed by atoms with Crippen LogP contribution in [0.25, 0.3) is 0 Å². The standard InChI is InChI=1S/C22H36N4O2.HI/c1-2-23-22(24-11-6-16-28-19-20-9-17-27-18-10-20)26-14-12-25(13-15-26)21-7-4-3-5-8-21;/h3-5,7-8,20H,2,6,9-19H2,1H3,(H,23,24);1H. The fourth-order valence-electron chi connectivity index (χ4n) is 3.76. The molecule has 0 saturated carbocycles. The molecule has 0 radical (unpaired) electrons. The number of nitrogens with zero attached hydrogens (tertiary/aromatic N) is 3. The summed E-state index contributed by atoms with van der Waals surface area (Å²) in [4.78, 5) is 9.66. The third-order valence-electron chi connectivity index (χ3n) is 5.44. The Morgan fingerprint density at radius 2 is 1.86 bits per heavy atom. The lowest BCUT2D eigenvalue weighted by atomic mass is 10.0. The Morgan fingerprint density at radius 3 is 2.55 bits per heavy atom. The molecular weight excluding hydrogens is 479 g/mol. The molecule has 2 heterocycles. The molecule has 0 aliphatic carbocycles. The van der Waals surface area contributed by atoms with Gasteiger partial charge in [0.25, 0.3) is 0 Å². The van der Waals surface area contributed by atoms with Crippen LogP contribution < -0.4 is 10.2 Å². The third-order valence-corrected chi connectivity index (χ3v) is 5.44. The maximum Gasteiger partial charge on any atom is 0.194 e. The van der Waals surface area contributed by atoms with Crippen LogP contribution in [0.1, 0.15) is 26.2 Å². The topological polar surface area (TPSA) is 49.3 Å². The van der Waals surface area contributed by atoms with Gasteiger partial charge in [0.15, 0.2) is 5.96 Å². The van der Waals surface area contributed by atoms with Crippen molar-refractivity contribution in [3.05, 3.63) is 30.3 Å². The maximum atomic E-state index is 5.86. The normalized spacial score (nSPS) is 18.4. The molecule has 6 nitrogen and oxygen atoms in total. The van der Waals surface area contributed by atoms with E-state index < -0.39 is 0 Å². The summed E-state index contributed by atoms with van der Waals surface area (Å²) in [6, 6.07) is 10.7. The lowest BCUT2D eigenvalue weighted by Crippen LogP contribution is -2.52. The Morgan fingerprint density at radius 1 is 1.14 bits per heavy atom. The van der Waals surface area contributed by atoms with E-state index >= 15 is 0 Å². The molecule has 0 bridgehead atoms. The van der Waals surface area contributed by atoms with Gasteiger partial charge in [0.05, 0.1) is 0 Å². The number of halogens is 1. The van der Waals surface area contributed by atoms with Gasteiger partial charge in [-0.05, 0) is 44.2 Å². The second-order valence-electron chi connectivity index (χ2n) is 7.53. The highest BCUT2D eigenvalue weighted by Crippen LogP contribution is 2.16. The average Bonchev–Trinajstić information content (AvgIpc) is 2.77. The molecule has 0 aromatic heterocycles. The summed E-state index contributed by atoms with van der Waals surface area (Å²) >= 11 is 0. The number of aliphatic imine (C=N–C) groups is 1. The van der Waals surface area contributed by atoms with Gasteiger partial charge in [0, 0.05) is 71.4 Å². The summed E-state index contributed by atoms with van der Waals surface area (Å²) < 4.78 is 11.3. The summed E-state index contributed by atoms with van der Waals surface area (Å²) in [6.07, 6.45) is 3.25. The minimum atomic E-state index is 0. The monoisotopic (exact) mass is 516 g/mol. The molecule has 0 spiro atoms. The Balaban J connectivity index is 0.00000300. The first-order chi connectivity index (χ1) is 13.9. The summed E-state index contributed by atoms with van der Waals surface area (Å²) in [7, 11) is 0. The molecule has 3 rings (SSSR count). The average molecular weight is 516 g/mol. The zero-order chi connectivity index (χ0) is 19.4. The van der Waals surface area contributed by atoms with Crippen LogP contribution in [0.5, 0.6) is 0 Å². The second-order valence-corrected chi connectivity index (χ2v) is 7.53. The Kier molecular flexibility index (Phi) is 11.7. The van der Waals surface area contributed by atoms with E-state index in [1.165, 1.54) is 5.69 Å². The van der Waals surface area contributed by atoms with Crippen molar-refractivity contribution in [2.75, 3.05) is 70.6 Å². The van der Waals surface area contributed by atoms with Gasteiger partial charge in [-0.25, -0.2) is 0 Å². The van der Waals surface area contributed by atoms with Crippen LogP contribution in [0.3, 0.4) is 0 Å². The highest BCUT2D eigenvalue weighted by atomic mass is 127. The number of anilines is 1. The summed E-state index contributed by atoms with van der Waals surface area (Å²) in [6.45, 7) is 11.4. The molecule has 2 aliphatic heterocycles. The van der Waals surface area contributed by atoms with E-state index in [1.807, 2.05) is 0 Å². The van der Waals surface area contributed by atoms with Crippen molar-refractivity contribution in [3.63, 3.8) is 0 Å². The third kappa shape index (κ3) is 8.30. The van der Waals surface area contributed by atoms with Gasteiger partial charge in [0.2, 0.25) is 0 Å². The van der Waals surface area contributed by atoms with Gasteiger partial charge in [-0.2, -0.15) is 0 Å². The van der Waals surface area contributed by atoms with Crippen molar-refractivity contribution in [1.82, 2.24) is 10.2 Å². The number of nitrogens with one attached hydrogen (secondary N) is 1. The largest absolute Gasteiger partial charge is 0.381 e. The first-order valence-corrected chi connectivity index (χ1v) is 10.9. The van der Waals surface area contributed by atoms with Gasteiger partial charge in [-0.1, -0.05) is 18.2 Å². The molecule has 0 atom stereocenters. The predicted molar refractivity (Wildman–Crippen MR) is 131 cm³/mol. The van der Waals surface area contributed by atoms with E-state index in [-0.39, 0.29) is 24.0 Å². The van der Waals surface area contributed by atoms with Crippen LogP contribution in [-0.2, 0) is 9.47 Å². The molecule has 1 aromatic carbocycles. The van der Waals surface area contributed by atoms with Crippen molar-refractivity contribution in [1.29, 1.82) is 0 Å². The molecule has 7 heteroatoms. The zero-order valence-corrected chi connectivity index (χ0v) is 20.1. The number of guanidine groups is 1. The molecule has 1 N–H and O–H groups in total. The smallest absolute Gasteiger partial charge is 0.194 e. The lowest BCUT2D eigenvalue weighted by Gasteiger charge is -2.37. The van der Waals surface area contributed by atoms with Crippen molar-refractivity contribution >= 4 is 35.6 Å². The van der Waals surface area contributed by atoms with Gasteiger partial charge < -0.3 is 24.6 Å². The van der Waals surface area contributed by atoms with Crippen LogP contribution in [0.15, 0.2) is 35.3 Å². The summed E-state index contributed by atoms with van der Waals surface area (Å²) in [5.74, 6) is 1.72. The van der Waals surface area contributed by atoms with Crippen LogP contribution in [0.2, 0.25) is 0 Å². The molecule has 2 fully saturated rings. The molecule has 1 aromatic rings. The van der Waals surface area contributed by atoms with Gasteiger partial charge in [-0.3, -0.25) is 4.99 Å². The van der Waals surface area contributed by atoms with E-state index in [2.05, 4.69) is 52.4 Å². The van der Waals surface area contributed by atoms with Crippen LogP contribution in [0.4, 0.5) is 5.69 Å². The first-order valence-electron chi connectivity index (χ1n) is 10.9. The molecule has 0 amide bonds. The fourth-order valence-corrected chi connectivity index (χ4v) is 3.76. The number of ether oxygens (including phenoxy) is 2. The molecule has 164 valence electrons. The van der Waals surface area contributed by atoms with E-state index in [1.54, 1.807) is 0 Å². The number of rotatable bonds is 8. The predicted octanol–water partition coefficient (Wildman–Crippen LogP) is 3.23. The lowest BCUT2D eigenvalue weighted by molar-refractivity contribution is 0.0205. The van der Waals surface area contributed by atoms with Crippen molar-refractivity contribution in [3.8, 4) is 0 Å². The van der Waals surface area contributed by atoms with Crippen LogP contribution in [-0.4, -0.2) is 76.6 Å². The van der Waals surface area contributed by atoms with Gasteiger partial charge >= 0.3 is 0 Å². The number of hydrogen-bond donors (Lipinski definition) is 1. The Labute approximate surface area is 193 Å². The molecule has 0 unspecified atom stereocenters. The van der Waals surface area contributed by atoms with Gasteiger partial charge in [-0.15, -0.1) is 24.0 Å². The SMILES string of the molecule is CCNC(=NCCCOCC1CCOCC1)N1CCN(c2ccccc2)CC1.I. The highest BCUT2D eigenvalue weighted by molar-refractivity contribution is 14.0. The second kappa shape index (κ2) is 14.0. The number of hydrogen-bond acceptors (Lipinski definition) is 4. The maximum absolute atomic E-state index is 5.86. The fraction of sp³-hybridized carbons (Fsp3) is 0.682. The van der Waals surface area contributed by atoms with Crippen LogP contribution >= 0.6 is 24.0 Å². The van der Waals surface area contributed by atoms with Crippen molar-refractivity contribution in [2.45, 2.75) is 26.2 Å². The number of benzene rings is 1.